The number of anilines is 1. The summed E-state index contributed by atoms with van der Waals surface area (Å²) < 4.78 is 2.99. The first-order chi connectivity index (χ1) is 16.9. The fourth-order valence-corrected chi connectivity index (χ4v) is 5.09. The van der Waals surface area contributed by atoms with Crippen molar-refractivity contribution >= 4 is 27.7 Å². The molecule has 6 nitrogen and oxygen atoms in total. The largest absolute Gasteiger partial charge is 0.354 e. The van der Waals surface area contributed by atoms with Gasteiger partial charge in [0.2, 0.25) is 0 Å². The van der Waals surface area contributed by atoms with Gasteiger partial charge in [-0.1, -0.05) is 54.0 Å². The molecular formula is C28H36BrN5O. The summed E-state index contributed by atoms with van der Waals surface area (Å²) in [7, 11) is 0. The molecule has 0 spiro atoms. The van der Waals surface area contributed by atoms with E-state index in [0.717, 1.165) is 66.4 Å². The molecule has 3 aromatic rings. The van der Waals surface area contributed by atoms with Crippen LogP contribution in [0.3, 0.4) is 0 Å². The predicted octanol–water partition coefficient (Wildman–Crippen LogP) is 5.53. The van der Waals surface area contributed by atoms with E-state index < -0.39 is 0 Å². The molecule has 0 unspecified atom stereocenters. The minimum atomic E-state index is 0.0502. The van der Waals surface area contributed by atoms with Gasteiger partial charge in [-0.3, -0.25) is 4.79 Å². The number of para-hydroxylation sites is 1. The van der Waals surface area contributed by atoms with E-state index >= 15 is 0 Å². The van der Waals surface area contributed by atoms with Crippen LogP contribution in [0.15, 0.2) is 59.1 Å². The molecule has 1 amide bonds. The predicted molar refractivity (Wildman–Crippen MR) is 146 cm³/mol. The van der Waals surface area contributed by atoms with Crippen molar-refractivity contribution in [2.45, 2.75) is 46.7 Å². The van der Waals surface area contributed by atoms with E-state index in [9.17, 15) is 4.79 Å². The lowest BCUT2D eigenvalue weighted by atomic mass is 10.1. The molecule has 186 valence electrons. The molecule has 0 aliphatic carbocycles. The highest BCUT2D eigenvalue weighted by Crippen LogP contribution is 2.31. The Hall–Kier alpha value is -2.64. The molecule has 0 N–H and O–H groups in total. The van der Waals surface area contributed by atoms with Gasteiger partial charge in [-0.2, -0.15) is 5.10 Å². The van der Waals surface area contributed by atoms with E-state index in [4.69, 9.17) is 5.10 Å². The SMILES string of the molecule is CC[C@H](C)N(Cc1c(C)nn(-c2ccccc2)c1N1CCN(CC)CC1)C(=O)c1cccc(Br)c1. The minimum Gasteiger partial charge on any atom is -0.354 e. The number of hydrogen-bond donors (Lipinski definition) is 0. The smallest absolute Gasteiger partial charge is 0.254 e. The van der Waals surface area contributed by atoms with E-state index in [0.29, 0.717) is 12.1 Å². The molecular weight excluding hydrogens is 502 g/mol. The second-order valence-corrected chi connectivity index (χ2v) is 10.2. The Kier molecular flexibility index (Phi) is 8.29. The number of rotatable bonds is 8. The zero-order chi connectivity index (χ0) is 24.9. The molecule has 1 aliphatic rings. The third-order valence-corrected chi connectivity index (χ3v) is 7.55. The Balaban J connectivity index is 1.75. The average molecular weight is 539 g/mol. The number of aryl methyl sites for hydroxylation is 1. The monoisotopic (exact) mass is 537 g/mol. The molecule has 1 aliphatic heterocycles. The third kappa shape index (κ3) is 5.62. The highest BCUT2D eigenvalue weighted by Gasteiger charge is 2.29. The second kappa shape index (κ2) is 11.4. The Bertz CT molecular complexity index is 1140. The summed E-state index contributed by atoms with van der Waals surface area (Å²) in [5, 5.41) is 5.00. The van der Waals surface area contributed by atoms with Gasteiger partial charge in [0, 0.05) is 47.8 Å². The van der Waals surface area contributed by atoms with Gasteiger partial charge in [-0.15, -0.1) is 0 Å². The van der Waals surface area contributed by atoms with Crippen LogP contribution in [0.2, 0.25) is 0 Å². The first-order valence-electron chi connectivity index (χ1n) is 12.6. The number of piperazine rings is 1. The number of carbonyl (C=O) groups is 1. The van der Waals surface area contributed by atoms with Gasteiger partial charge in [-0.25, -0.2) is 4.68 Å². The van der Waals surface area contributed by atoms with Gasteiger partial charge in [0.25, 0.3) is 5.91 Å². The van der Waals surface area contributed by atoms with E-state index in [2.05, 4.69) is 70.2 Å². The first kappa shape index (κ1) is 25.5. The molecule has 2 heterocycles. The van der Waals surface area contributed by atoms with Crippen molar-refractivity contribution in [1.82, 2.24) is 19.6 Å². The zero-order valence-corrected chi connectivity index (χ0v) is 22.8. The average Bonchev–Trinajstić information content (AvgIpc) is 3.22. The Morgan fingerprint density at radius 1 is 1.06 bits per heavy atom. The van der Waals surface area contributed by atoms with Crippen LogP contribution in [0.4, 0.5) is 5.82 Å². The first-order valence-corrected chi connectivity index (χ1v) is 13.4. The Morgan fingerprint density at radius 2 is 1.77 bits per heavy atom. The van der Waals surface area contributed by atoms with Gasteiger partial charge in [0.1, 0.15) is 5.82 Å². The lowest BCUT2D eigenvalue weighted by Crippen LogP contribution is -2.47. The number of benzene rings is 2. The molecule has 1 atom stereocenters. The zero-order valence-electron chi connectivity index (χ0n) is 21.2. The fraction of sp³-hybridized carbons (Fsp3) is 0.429. The second-order valence-electron chi connectivity index (χ2n) is 9.26. The van der Waals surface area contributed by atoms with Gasteiger partial charge in [-0.05, 0) is 57.1 Å². The van der Waals surface area contributed by atoms with Crippen molar-refractivity contribution < 1.29 is 4.79 Å². The molecule has 7 heteroatoms. The van der Waals surface area contributed by atoms with Crippen molar-refractivity contribution in [1.29, 1.82) is 0 Å². The van der Waals surface area contributed by atoms with Crippen LogP contribution in [-0.2, 0) is 6.54 Å². The lowest BCUT2D eigenvalue weighted by Gasteiger charge is -2.37. The molecule has 1 aromatic heterocycles. The van der Waals surface area contributed by atoms with Crippen LogP contribution < -0.4 is 4.90 Å². The summed E-state index contributed by atoms with van der Waals surface area (Å²) in [4.78, 5) is 20.7. The number of carbonyl (C=O) groups excluding carboxylic acids is 1. The van der Waals surface area contributed by atoms with Gasteiger partial charge >= 0.3 is 0 Å². The highest BCUT2D eigenvalue weighted by molar-refractivity contribution is 9.10. The normalized spacial score (nSPS) is 15.3. The van der Waals surface area contributed by atoms with Crippen molar-refractivity contribution in [2.75, 3.05) is 37.6 Å². The molecule has 2 aromatic carbocycles. The maximum atomic E-state index is 13.7. The number of hydrogen-bond acceptors (Lipinski definition) is 4. The molecule has 1 saturated heterocycles. The van der Waals surface area contributed by atoms with E-state index in [1.807, 2.05) is 47.4 Å². The number of halogens is 1. The topological polar surface area (TPSA) is 44.6 Å². The molecule has 0 radical (unpaired) electrons. The minimum absolute atomic E-state index is 0.0502. The van der Waals surface area contributed by atoms with Gasteiger partial charge in [0.05, 0.1) is 17.9 Å². The lowest BCUT2D eigenvalue weighted by molar-refractivity contribution is 0.0671. The number of nitrogens with zero attached hydrogens (tertiary/aromatic N) is 5. The van der Waals surface area contributed by atoms with Crippen molar-refractivity contribution in [3.63, 3.8) is 0 Å². The van der Waals surface area contributed by atoms with Gasteiger partial charge in [0.15, 0.2) is 0 Å². The fourth-order valence-electron chi connectivity index (χ4n) is 4.69. The van der Waals surface area contributed by atoms with Crippen LogP contribution in [0, 0.1) is 6.92 Å². The summed E-state index contributed by atoms with van der Waals surface area (Å²) in [6.45, 7) is 14.1. The van der Waals surface area contributed by atoms with Crippen LogP contribution in [0.1, 0.15) is 48.8 Å². The van der Waals surface area contributed by atoms with Crippen molar-refractivity contribution in [2.24, 2.45) is 0 Å². The van der Waals surface area contributed by atoms with E-state index in [-0.39, 0.29) is 11.9 Å². The Labute approximate surface area is 217 Å². The molecule has 0 bridgehead atoms. The van der Waals surface area contributed by atoms with E-state index in [1.165, 1.54) is 0 Å². The number of likely N-dealkylation sites (N-methyl/N-ethyl adjacent to an activating group) is 1. The quantitative estimate of drug-likeness (QED) is 0.379. The van der Waals surface area contributed by atoms with Crippen molar-refractivity contribution in [3.05, 3.63) is 75.9 Å². The Morgan fingerprint density at radius 3 is 2.40 bits per heavy atom. The molecule has 1 fully saturated rings. The van der Waals surface area contributed by atoms with Crippen LogP contribution in [0.5, 0.6) is 0 Å². The standard InChI is InChI=1S/C28H36BrN5O/c1-5-21(3)33(28(35)23-11-10-12-24(29)19-23)20-26-22(4)30-34(25-13-8-7-9-14-25)27(26)32-17-15-31(6-2)16-18-32/h7-14,19,21H,5-6,15-18,20H2,1-4H3/t21-/m0/s1. The summed E-state index contributed by atoms with van der Waals surface area (Å²) >= 11 is 3.52. The van der Waals surface area contributed by atoms with Gasteiger partial charge < -0.3 is 14.7 Å². The van der Waals surface area contributed by atoms with E-state index in [1.54, 1.807) is 0 Å². The third-order valence-electron chi connectivity index (χ3n) is 7.06. The number of aromatic nitrogens is 2. The van der Waals surface area contributed by atoms with Crippen LogP contribution in [0.25, 0.3) is 5.69 Å². The van der Waals surface area contributed by atoms with Crippen LogP contribution in [-0.4, -0.2) is 64.3 Å². The highest BCUT2D eigenvalue weighted by atomic mass is 79.9. The number of amides is 1. The maximum Gasteiger partial charge on any atom is 0.254 e. The van der Waals surface area contributed by atoms with Crippen molar-refractivity contribution in [3.8, 4) is 5.69 Å². The molecule has 35 heavy (non-hydrogen) atoms. The molecule has 4 rings (SSSR count). The summed E-state index contributed by atoms with van der Waals surface area (Å²) in [5.41, 5.74) is 3.84. The van der Waals surface area contributed by atoms with Crippen LogP contribution >= 0.6 is 15.9 Å². The summed E-state index contributed by atoms with van der Waals surface area (Å²) in [6.07, 6.45) is 0.885. The molecule has 0 saturated carbocycles. The summed E-state index contributed by atoms with van der Waals surface area (Å²) in [6, 6.07) is 18.1. The maximum absolute atomic E-state index is 13.7. The summed E-state index contributed by atoms with van der Waals surface area (Å²) in [5.74, 6) is 1.16.